The number of imidazole rings is 2. The number of rotatable bonds is 4. The van der Waals surface area contributed by atoms with Crippen LogP contribution in [0.15, 0.2) is 110 Å². The number of nitrogens with zero attached hydrogens (tertiary/aromatic N) is 6. The second kappa shape index (κ2) is 8.00. The average molecular weight is 471 g/mol. The molecule has 7 rings (SSSR count). The summed E-state index contributed by atoms with van der Waals surface area (Å²) in [6.45, 7) is 0. The summed E-state index contributed by atoms with van der Waals surface area (Å²) in [5.41, 5.74) is 5.66. The van der Waals surface area contributed by atoms with Crippen molar-refractivity contribution in [2.45, 2.75) is 0 Å². The van der Waals surface area contributed by atoms with Crippen molar-refractivity contribution in [3.8, 4) is 44.2 Å². The highest BCUT2D eigenvalue weighted by Gasteiger charge is 2.19. The van der Waals surface area contributed by atoms with Gasteiger partial charge in [-0.15, -0.1) is 11.3 Å². The number of thiophene rings is 1. The summed E-state index contributed by atoms with van der Waals surface area (Å²) in [5.74, 6) is 1.66. The highest BCUT2D eigenvalue weighted by atomic mass is 32.1. The minimum Gasteiger partial charge on any atom is -0.298 e. The monoisotopic (exact) mass is 470 g/mol. The molecule has 0 aliphatic heterocycles. The molecule has 0 amide bonds. The van der Waals surface area contributed by atoms with Gasteiger partial charge in [0.25, 0.3) is 0 Å². The lowest BCUT2D eigenvalue weighted by atomic mass is 10.2. The van der Waals surface area contributed by atoms with Crippen LogP contribution in [0.2, 0.25) is 0 Å². The first kappa shape index (κ1) is 19.8. The van der Waals surface area contributed by atoms with E-state index < -0.39 is 0 Å². The largest absolute Gasteiger partial charge is 0.298 e. The first-order valence-corrected chi connectivity index (χ1v) is 12.1. The fourth-order valence-corrected chi connectivity index (χ4v) is 5.39. The average Bonchev–Trinajstić information content (AvgIpc) is 3.65. The third-order valence-corrected chi connectivity index (χ3v) is 7.06. The van der Waals surface area contributed by atoms with Crippen molar-refractivity contribution in [1.82, 2.24) is 28.7 Å². The standard InChI is InChI=1S/C28H18N6S/c1-5-15-29-19(9-1)27-31-25(21-11-3-7-17-33(21)27)23-13-14-24(35-23)26-22-12-4-8-18-34(22)28(32-26)20-10-2-6-16-30-20/h1-18H. The Morgan fingerprint density at radius 1 is 0.514 bits per heavy atom. The van der Waals surface area contributed by atoms with Gasteiger partial charge < -0.3 is 0 Å². The molecule has 0 aliphatic carbocycles. The van der Waals surface area contributed by atoms with Crippen LogP contribution in [0.25, 0.3) is 55.2 Å². The van der Waals surface area contributed by atoms with Crippen LogP contribution in [0.4, 0.5) is 0 Å². The van der Waals surface area contributed by atoms with Crippen molar-refractivity contribution in [2.75, 3.05) is 0 Å². The molecule has 7 aromatic heterocycles. The van der Waals surface area contributed by atoms with Crippen LogP contribution in [0, 0.1) is 0 Å². The van der Waals surface area contributed by atoms with E-state index in [1.165, 1.54) is 0 Å². The molecule has 0 spiro atoms. The first-order chi connectivity index (χ1) is 17.4. The Morgan fingerprint density at radius 2 is 1.00 bits per heavy atom. The molecule has 0 radical (unpaired) electrons. The Balaban J connectivity index is 1.38. The lowest BCUT2D eigenvalue weighted by Gasteiger charge is -1.99. The Morgan fingerprint density at radius 3 is 1.46 bits per heavy atom. The number of hydrogen-bond acceptors (Lipinski definition) is 5. The summed E-state index contributed by atoms with van der Waals surface area (Å²) in [6.07, 6.45) is 7.66. The minimum atomic E-state index is 0.830. The molecule has 7 heterocycles. The minimum absolute atomic E-state index is 0.830. The SMILES string of the molecule is c1ccc(-c2nc(-c3ccc(-c4nc(-c5ccccn5)n5ccccc45)s3)c3ccccn23)nc1. The van der Waals surface area contributed by atoms with Crippen LogP contribution in [0.1, 0.15) is 0 Å². The van der Waals surface area contributed by atoms with Gasteiger partial charge in [0.1, 0.15) is 22.8 Å². The van der Waals surface area contributed by atoms with Crippen LogP contribution in [0.3, 0.4) is 0 Å². The highest BCUT2D eigenvalue weighted by molar-refractivity contribution is 7.18. The zero-order valence-electron chi connectivity index (χ0n) is 18.5. The fraction of sp³-hybridized carbons (Fsp3) is 0. The zero-order valence-corrected chi connectivity index (χ0v) is 19.3. The van der Waals surface area contributed by atoms with Crippen molar-refractivity contribution >= 4 is 22.4 Å². The van der Waals surface area contributed by atoms with E-state index in [2.05, 4.69) is 43.0 Å². The molecule has 0 aliphatic rings. The van der Waals surface area contributed by atoms with Gasteiger partial charge in [0, 0.05) is 24.8 Å². The van der Waals surface area contributed by atoms with Gasteiger partial charge in [-0.25, -0.2) is 9.97 Å². The molecule has 6 nitrogen and oxygen atoms in total. The molecule has 0 atom stereocenters. The Kier molecular flexibility index (Phi) is 4.53. The van der Waals surface area contributed by atoms with E-state index in [-0.39, 0.29) is 0 Å². The smallest absolute Gasteiger partial charge is 0.163 e. The number of fused-ring (bicyclic) bond motifs is 2. The van der Waals surface area contributed by atoms with Gasteiger partial charge >= 0.3 is 0 Å². The number of pyridine rings is 4. The molecule has 7 aromatic rings. The van der Waals surface area contributed by atoms with Crippen LogP contribution < -0.4 is 0 Å². The second-order valence-corrected chi connectivity index (χ2v) is 9.16. The summed E-state index contributed by atoms with van der Waals surface area (Å²) >= 11 is 1.69. The van der Waals surface area contributed by atoms with Crippen LogP contribution in [-0.2, 0) is 0 Å². The van der Waals surface area contributed by atoms with Crippen LogP contribution in [0.5, 0.6) is 0 Å². The maximum Gasteiger partial charge on any atom is 0.163 e. The number of hydrogen-bond donors (Lipinski definition) is 0. The molecule has 0 saturated carbocycles. The lowest BCUT2D eigenvalue weighted by Crippen LogP contribution is -1.90. The van der Waals surface area contributed by atoms with E-state index >= 15 is 0 Å². The van der Waals surface area contributed by atoms with Crippen molar-refractivity contribution < 1.29 is 0 Å². The molecule has 35 heavy (non-hydrogen) atoms. The molecular weight excluding hydrogens is 452 g/mol. The molecule has 0 fully saturated rings. The van der Waals surface area contributed by atoms with Crippen LogP contribution in [-0.4, -0.2) is 28.7 Å². The van der Waals surface area contributed by atoms with Gasteiger partial charge in [-0.1, -0.05) is 24.3 Å². The van der Waals surface area contributed by atoms with Crippen molar-refractivity contribution in [1.29, 1.82) is 0 Å². The molecule has 0 bridgehead atoms. The zero-order chi connectivity index (χ0) is 23.2. The van der Waals surface area contributed by atoms with Gasteiger partial charge in [0.15, 0.2) is 11.6 Å². The maximum atomic E-state index is 5.03. The van der Waals surface area contributed by atoms with Gasteiger partial charge in [0.05, 0.1) is 20.8 Å². The molecule has 0 aromatic carbocycles. The van der Waals surface area contributed by atoms with Crippen molar-refractivity contribution in [3.05, 3.63) is 110 Å². The highest BCUT2D eigenvalue weighted by Crippen LogP contribution is 2.39. The predicted molar refractivity (Wildman–Crippen MR) is 139 cm³/mol. The summed E-state index contributed by atoms with van der Waals surface area (Å²) in [5, 5.41) is 0. The van der Waals surface area contributed by atoms with E-state index in [4.69, 9.17) is 9.97 Å². The maximum absolute atomic E-state index is 5.03. The molecule has 0 saturated heterocycles. The van der Waals surface area contributed by atoms with E-state index in [9.17, 15) is 0 Å². The fourth-order valence-electron chi connectivity index (χ4n) is 4.38. The molecular formula is C28H18N6S. The summed E-state index contributed by atoms with van der Waals surface area (Å²) in [7, 11) is 0. The molecule has 0 unspecified atom stereocenters. The summed E-state index contributed by atoms with van der Waals surface area (Å²) in [4.78, 5) is 21.3. The first-order valence-electron chi connectivity index (χ1n) is 11.2. The Bertz CT molecular complexity index is 1670. The van der Waals surface area contributed by atoms with E-state index in [0.29, 0.717) is 0 Å². The third-order valence-electron chi connectivity index (χ3n) is 5.96. The molecule has 166 valence electrons. The normalized spacial score (nSPS) is 11.4. The Hall–Kier alpha value is -4.62. The number of aromatic nitrogens is 6. The third kappa shape index (κ3) is 3.25. The topological polar surface area (TPSA) is 60.4 Å². The van der Waals surface area contributed by atoms with Gasteiger partial charge in [-0.05, 0) is 60.7 Å². The van der Waals surface area contributed by atoms with Crippen molar-refractivity contribution in [3.63, 3.8) is 0 Å². The Labute approximate surface area is 204 Å². The van der Waals surface area contributed by atoms with Gasteiger partial charge in [-0.2, -0.15) is 0 Å². The molecule has 0 N–H and O–H groups in total. The lowest BCUT2D eigenvalue weighted by molar-refractivity contribution is 1.13. The van der Waals surface area contributed by atoms with E-state index in [1.54, 1.807) is 23.7 Å². The molecule has 7 heteroatoms. The predicted octanol–water partition coefficient (Wildman–Crippen LogP) is 6.50. The second-order valence-electron chi connectivity index (χ2n) is 8.07. The van der Waals surface area contributed by atoms with Crippen molar-refractivity contribution in [2.24, 2.45) is 0 Å². The van der Waals surface area contributed by atoms with Gasteiger partial charge in [0.2, 0.25) is 0 Å². The van der Waals surface area contributed by atoms with Gasteiger partial charge in [-0.3, -0.25) is 18.8 Å². The quantitative estimate of drug-likeness (QED) is 0.295. The summed E-state index contributed by atoms with van der Waals surface area (Å²) in [6, 6.07) is 28.3. The van der Waals surface area contributed by atoms with Crippen LogP contribution >= 0.6 is 11.3 Å². The van der Waals surface area contributed by atoms with E-state index in [1.807, 2.05) is 73.1 Å². The van der Waals surface area contributed by atoms with E-state index in [0.717, 1.165) is 55.2 Å². The summed E-state index contributed by atoms with van der Waals surface area (Å²) < 4.78 is 4.20.